The molecule has 2 aromatic rings. The van der Waals surface area contributed by atoms with Gasteiger partial charge in [-0.2, -0.15) is 0 Å². The highest BCUT2D eigenvalue weighted by atomic mass is 35.5. The van der Waals surface area contributed by atoms with Gasteiger partial charge < -0.3 is 14.8 Å². The molecule has 0 aliphatic carbocycles. The normalized spacial score (nSPS) is 16.6. The Bertz CT molecular complexity index is 783. The Kier molecular flexibility index (Phi) is 7.10. The highest BCUT2D eigenvalue weighted by Gasteiger charge is 2.16. The molecule has 1 N–H and O–H groups in total. The number of aliphatic imine (C=N–C) groups is 1. The molecule has 1 aliphatic heterocycles. The van der Waals surface area contributed by atoms with Gasteiger partial charge in [0, 0.05) is 29.4 Å². The fraction of sp³-hybridized carbons (Fsp3) is 0.300. The molecule has 1 saturated heterocycles. The van der Waals surface area contributed by atoms with Crippen molar-refractivity contribution in [2.45, 2.75) is 18.9 Å². The molecular weight excluding hydrogens is 387 g/mol. The molecule has 0 saturated carbocycles. The van der Waals surface area contributed by atoms with Crippen molar-refractivity contribution in [3.63, 3.8) is 0 Å². The summed E-state index contributed by atoms with van der Waals surface area (Å²) in [5.74, 6) is 0.458. The standard InChI is InChI=1S/C20H20Cl2N2O3/c21-15-8-16(22)10-17(9-15)23-11-14-3-5-18(6-4-14)27-13-20(25)24-12-19-2-1-7-26-19/h3-6,8-11,19H,1-2,7,12-13H2,(H,24,25)/t19-/m1/s1. The fourth-order valence-electron chi connectivity index (χ4n) is 2.65. The first-order chi connectivity index (χ1) is 13.1. The van der Waals surface area contributed by atoms with Crippen molar-refractivity contribution in [2.24, 2.45) is 4.99 Å². The molecular formula is C20H20Cl2N2O3. The molecule has 0 bridgehead atoms. The number of rotatable bonds is 7. The summed E-state index contributed by atoms with van der Waals surface area (Å²) in [5, 5.41) is 3.90. The highest BCUT2D eigenvalue weighted by molar-refractivity contribution is 6.35. The van der Waals surface area contributed by atoms with Crippen molar-refractivity contribution in [3.05, 3.63) is 58.1 Å². The second kappa shape index (κ2) is 9.74. The molecule has 1 atom stereocenters. The molecule has 0 unspecified atom stereocenters. The minimum atomic E-state index is -0.158. The van der Waals surface area contributed by atoms with Crippen LogP contribution >= 0.6 is 23.2 Å². The Labute approximate surface area is 168 Å². The second-order valence-electron chi connectivity index (χ2n) is 6.18. The minimum absolute atomic E-state index is 0.0266. The third-order valence-corrected chi connectivity index (χ3v) is 4.45. The smallest absolute Gasteiger partial charge is 0.258 e. The average Bonchev–Trinajstić information content (AvgIpc) is 3.17. The summed E-state index contributed by atoms with van der Waals surface area (Å²) in [6, 6.07) is 12.4. The molecule has 27 heavy (non-hydrogen) atoms. The van der Waals surface area contributed by atoms with Gasteiger partial charge in [-0.1, -0.05) is 23.2 Å². The first-order valence-corrected chi connectivity index (χ1v) is 9.45. The first kappa shape index (κ1) is 19.7. The number of halogens is 2. The number of carbonyl (C=O) groups is 1. The van der Waals surface area contributed by atoms with Crippen molar-refractivity contribution in [1.29, 1.82) is 0 Å². The van der Waals surface area contributed by atoms with Crippen LogP contribution in [0.25, 0.3) is 0 Å². The van der Waals surface area contributed by atoms with Crippen LogP contribution in [0.3, 0.4) is 0 Å². The number of ether oxygens (including phenoxy) is 2. The van der Waals surface area contributed by atoms with Gasteiger partial charge in [-0.05, 0) is 60.9 Å². The van der Waals surface area contributed by atoms with Crippen LogP contribution in [0.2, 0.25) is 10.0 Å². The van der Waals surface area contributed by atoms with E-state index in [0.717, 1.165) is 25.0 Å². The van der Waals surface area contributed by atoms with Gasteiger partial charge in [0.1, 0.15) is 5.75 Å². The summed E-state index contributed by atoms with van der Waals surface area (Å²) in [6.45, 7) is 1.28. The Morgan fingerprint density at radius 3 is 2.63 bits per heavy atom. The Balaban J connectivity index is 1.46. The number of nitrogens with zero attached hydrogens (tertiary/aromatic N) is 1. The lowest BCUT2D eigenvalue weighted by Gasteiger charge is -2.11. The van der Waals surface area contributed by atoms with E-state index in [4.69, 9.17) is 32.7 Å². The molecule has 2 aromatic carbocycles. The predicted octanol–water partition coefficient (Wildman–Crippen LogP) is 4.42. The molecule has 1 heterocycles. The summed E-state index contributed by atoms with van der Waals surface area (Å²) >= 11 is 11.9. The Hall–Kier alpha value is -2.08. The molecule has 1 fully saturated rings. The van der Waals surface area contributed by atoms with Gasteiger partial charge in [-0.3, -0.25) is 9.79 Å². The van der Waals surface area contributed by atoms with Crippen LogP contribution in [0, 0.1) is 0 Å². The van der Waals surface area contributed by atoms with Crippen molar-refractivity contribution in [1.82, 2.24) is 5.32 Å². The lowest BCUT2D eigenvalue weighted by Crippen LogP contribution is -2.35. The maximum atomic E-state index is 11.8. The van der Waals surface area contributed by atoms with E-state index in [2.05, 4.69) is 10.3 Å². The van der Waals surface area contributed by atoms with Crippen molar-refractivity contribution in [3.8, 4) is 5.75 Å². The SMILES string of the molecule is O=C(COc1ccc(C=Nc2cc(Cl)cc(Cl)c2)cc1)NC[C@H]1CCCO1. The van der Waals surface area contributed by atoms with Crippen LogP contribution < -0.4 is 10.1 Å². The number of hydrogen-bond acceptors (Lipinski definition) is 4. The first-order valence-electron chi connectivity index (χ1n) is 8.70. The third-order valence-electron chi connectivity index (χ3n) is 4.01. The molecule has 0 spiro atoms. The van der Waals surface area contributed by atoms with Crippen LogP contribution in [0.4, 0.5) is 5.69 Å². The summed E-state index contributed by atoms with van der Waals surface area (Å²) in [4.78, 5) is 16.2. The van der Waals surface area contributed by atoms with E-state index in [1.54, 1.807) is 36.5 Å². The maximum absolute atomic E-state index is 11.8. The average molecular weight is 407 g/mol. The van der Waals surface area contributed by atoms with E-state index in [1.165, 1.54) is 0 Å². The molecule has 3 rings (SSSR count). The highest BCUT2D eigenvalue weighted by Crippen LogP contribution is 2.24. The monoisotopic (exact) mass is 406 g/mol. The van der Waals surface area contributed by atoms with E-state index in [0.29, 0.717) is 28.0 Å². The molecule has 7 heteroatoms. The zero-order chi connectivity index (χ0) is 19.1. The van der Waals surface area contributed by atoms with Crippen LogP contribution in [0.5, 0.6) is 5.75 Å². The summed E-state index contributed by atoms with van der Waals surface area (Å²) in [5.41, 5.74) is 1.57. The van der Waals surface area contributed by atoms with Crippen LogP contribution in [0.15, 0.2) is 47.5 Å². The van der Waals surface area contributed by atoms with Gasteiger partial charge in [0.15, 0.2) is 6.61 Å². The summed E-state index contributed by atoms with van der Waals surface area (Å²) in [6.07, 6.45) is 3.88. The van der Waals surface area contributed by atoms with E-state index >= 15 is 0 Å². The van der Waals surface area contributed by atoms with E-state index in [9.17, 15) is 4.79 Å². The molecule has 1 amide bonds. The number of amides is 1. The molecule has 1 aliphatic rings. The summed E-state index contributed by atoms with van der Waals surface area (Å²) < 4.78 is 11.0. The minimum Gasteiger partial charge on any atom is -0.484 e. The molecule has 142 valence electrons. The van der Waals surface area contributed by atoms with E-state index in [1.807, 2.05) is 12.1 Å². The zero-order valence-corrected chi connectivity index (χ0v) is 16.2. The number of benzene rings is 2. The van der Waals surface area contributed by atoms with Crippen molar-refractivity contribution < 1.29 is 14.3 Å². The zero-order valence-electron chi connectivity index (χ0n) is 14.7. The maximum Gasteiger partial charge on any atom is 0.258 e. The van der Waals surface area contributed by atoms with Gasteiger partial charge in [0.05, 0.1) is 11.8 Å². The topological polar surface area (TPSA) is 59.9 Å². The number of hydrogen-bond donors (Lipinski definition) is 1. The van der Waals surface area contributed by atoms with Gasteiger partial charge >= 0.3 is 0 Å². The number of nitrogens with one attached hydrogen (secondary N) is 1. The lowest BCUT2D eigenvalue weighted by atomic mass is 10.2. The molecule has 0 radical (unpaired) electrons. The largest absolute Gasteiger partial charge is 0.484 e. The molecule has 0 aromatic heterocycles. The number of carbonyl (C=O) groups excluding carboxylic acids is 1. The van der Waals surface area contributed by atoms with Gasteiger partial charge in [-0.25, -0.2) is 0 Å². The van der Waals surface area contributed by atoms with E-state index < -0.39 is 0 Å². The lowest BCUT2D eigenvalue weighted by molar-refractivity contribution is -0.123. The predicted molar refractivity (Wildman–Crippen MR) is 108 cm³/mol. The van der Waals surface area contributed by atoms with Gasteiger partial charge in [0.25, 0.3) is 5.91 Å². The third kappa shape index (κ3) is 6.54. The van der Waals surface area contributed by atoms with Crippen LogP contribution in [-0.4, -0.2) is 38.0 Å². The van der Waals surface area contributed by atoms with Crippen LogP contribution in [0.1, 0.15) is 18.4 Å². The quantitative estimate of drug-likeness (QED) is 0.692. The fourth-order valence-corrected chi connectivity index (χ4v) is 3.16. The van der Waals surface area contributed by atoms with Crippen LogP contribution in [-0.2, 0) is 9.53 Å². The Morgan fingerprint density at radius 2 is 1.96 bits per heavy atom. The van der Waals surface area contributed by atoms with Gasteiger partial charge in [0.2, 0.25) is 0 Å². The van der Waals surface area contributed by atoms with Crippen molar-refractivity contribution in [2.75, 3.05) is 19.8 Å². The van der Waals surface area contributed by atoms with E-state index in [-0.39, 0.29) is 18.6 Å². The van der Waals surface area contributed by atoms with Gasteiger partial charge in [-0.15, -0.1) is 0 Å². The van der Waals surface area contributed by atoms with Crippen molar-refractivity contribution >= 4 is 41.0 Å². The summed E-state index contributed by atoms with van der Waals surface area (Å²) in [7, 11) is 0. The second-order valence-corrected chi connectivity index (χ2v) is 7.06. The molecule has 5 nitrogen and oxygen atoms in total. The Morgan fingerprint density at radius 1 is 1.22 bits per heavy atom.